The summed E-state index contributed by atoms with van der Waals surface area (Å²) in [7, 11) is 0. The minimum Gasteiger partial charge on any atom is -0.481 e. The zero-order valence-electron chi connectivity index (χ0n) is 40.5. The predicted molar refractivity (Wildman–Crippen MR) is 270 cm³/mol. The number of carboxylic acid groups (broad SMARTS) is 1. The third-order valence-corrected chi connectivity index (χ3v) is 13.1. The summed E-state index contributed by atoms with van der Waals surface area (Å²) in [6.45, 7) is 8.29. The number of nitrogens with zero attached hydrogens (tertiary/aromatic N) is 4. The summed E-state index contributed by atoms with van der Waals surface area (Å²) in [6.07, 6.45) is 12.4. The number of carbonyl (C=O) groups excluding carboxylic acids is 1. The number of aryl methyl sites for hydroxylation is 2. The topological polar surface area (TPSA) is 176 Å². The first-order valence-corrected chi connectivity index (χ1v) is 24.5. The van der Waals surface area contributed by atoms with Gasteiger partial charge in [-0.3, -0.25) is 19.6 Å². The van der Waals surface area contributed by atoms with E-state index in [-0.39, 0.29) is 36.3 Å². The number of halogens is 2. The van der Waals surface area contributed by atoms with Crippen molar-refractivity contribution in [2.75, 3.05) is 0 Å². The van der Waals surface area contributed by atoms with Gasteiger partial charge in [-0.1, -0.05) is 82.3 Å². The molecule has 6 aromatic rings. The molecule has 368 valence electrons. The number of esters is 1. The van der Waals surface area contributed by atoms with E-state index in [2.05, 4.69) is 31.0 Å². The Morgan fingerprint density at radius 2 is 1.21 bits per heavy atom. The molecule has 2 aliphatic carbocycles. The van der Waals surface area contributed by atoms with Gasteiger partial charge in [-0.2, -0.15) is 0 Å². The van der Waals surface area contributed by atoms with E-state index in [9.17, 15) is 33.7 Å². The van der Waals surface area contributed by atoms with Crippen molar-refractivity contribution in [1.29, 1.82) is 0 Å². The van der Waals surface area contributed by atoms with Crippen LogP contribution in [-0.4, -0.2) is 76.7 Å². The van der Waals surface area contributed by atoms with Crippen molar-refractivity contribution in [3.63, 3.8) is 0 Å². The molecule has 11 nitrogen and oxygen atoms in total. The van der Waals surface area contributed by atoms with Gasteiger partial charge in [0.2, 0.25) is 0 Å². The minimum atomic E-state index is -1.16. The lowest BCUT2D eigenvalue weighted by Gasteiger charge is -2.24. The molecule has 2 aromatic carbocycles. The van der Waals surface area contributed by atoms with E-state index in [1.807, 2.05) is 38.1 Å². The molecule has 4 atom stereocenters. The quantitative estimate of drug-likeness (QED) is 0.0859. The summed E-state index contributed by atoms with van der Waals surface area (Å²) in [5, 5.41) is 39.4. The van der Waals surface area contributed by atoms with Crippen LogP contribution in [0.15, 0.2) is 97.3 Å². The van der Waals surface area contributed by atoms with Crippen LogP contribution in [0, 0.1) is 11.6 Å². The Kier molecular flexibility index (Phi) is 16.0. The van der Waals surface area contributed by atoms with Crippen LogP contribution in [0.1, 0.15) is 123 Å². The fraction of sp³-hybridized carbons (Fsp3) is 0.345. The lowest BCUT2D eigenvalue weighted by atomic mass is 9.87. The number of benzene rings is 2. The number of pyridine rings is 4. The second kappa shape index (κ2) is 22.5. The largest absolute Gasteiger partial charge is 0.481 e. The van der Waals surface area contributed by atoms with Crippen molar-refractivity contribution in [2.45, 2.75) is 128 Å². The Morgan fingerprint density at radius 1 is 0.718 bits per heavy atom. The van der Waals surface area contributed by atoms with Crippen LogP contribution in [0.25, 0.3) is 57.2 Å². The minimum absolute atomic E-state index is 0.0230. The van der Waals surface area contributed by atoms with E-state index in [1.165, 1.54) is 29.8 Å². The van der Waals surface area contributed by atoms with Crippen LogP contribution >= 0.6 is 0 Å². The number of aliphatic hydroxyl groups excluding tert-OH is 3. The molecule has 13 heteroatoms. The highest BCUT2D eigenvalue weighted by Crippen LogP contribution is 2.43. The number of hydrogen-bond donors (Lipinski definition) is 4. The average molecular weight is 963 g/mol. The highest BCUT2D eigenvalue weighted by Gasteiger charge is 2.29. The second-order valence-electron chi connectivity index (χ2n) is 19.2. The van der Waals surface area contributed by atoms with Gasteiger partial charge in [0.15, 0.2) is 0 Å². The standard InChI is InChI=1S/C29H31FN2O4.C29H29FN2O3/c1-17(2)27-24(13-12-21(33)15-22(34)16-25(35)36)26(18-8-10-20(30)11-9-18)23-7-3-5-19-6-4-14-31-28(19)29(23)32-27;1-17(2)27-24(13-12-22-15-21(33)16-25(34)35-22)26(18-8-10-20(30)11-9-18)23-7-3-5-19-6-4-14-31-28(19)29(23)32-27/h4,6,8-14,17,21-22,33-34H,3,5,7,15-16H2,1-2H3,(H,35,36);4,6,8-14,17,21-22,33H,3,5,7,15-16H2,1-2H3/b2*13-12+/t2*21-,22-/m11/s1. The van der Waals surface area contributed by atoms with Crippen molar-refractivity contribution in [3.05, 3.63) is 154 Å². The van der Waals surface area contributed by atoms with Gasteiger partial charge in [-0.25, -0.2) is 18.7 Å². The highest BCUT2D eigenvalue weighted by atomic mass is 19.1. The zero-order chi connectivity index (χ0) is 50.3. The monoisotopic (exact) mass is 962 g/mol. The molecule has 1 aliphatic heterocycles. The smallest absolute Gasteiger partial charge is 0.309 e. The number of rotatable bonds is 12. The number of cyclic esters (lactones) is 1. The lowest BCUT2D eigenvalue weighted by molar-refractivity contribution is -0.156. The first kappa shape index (κ1) is 50.6. The Balaban J connectivity index is 0.000000190. The Hall–Kier alpha value is -6.80. The van der Waals surface area contributed by atoms with E-state index < -0.39 is 42.8 Å². The van der Waals surface area contributed by atoms with Gasteiger partial charge < -0.3 is 25.2 Å². The normalized spacial score (nSPS) is 17.3. The molecule has 0 saturated carbocycles. The number of fused-ring (bicyclic) bond motifs is 6. The number of hydrogen-bond acceptors (Lipinski definition) is 10. The molecule has 0 spiro atoms. The zero-order valence-corrected chi connectivity index (χ0v) is 40.5. The number of aliphatic carboxylic acids is 1. The summed E-state index contributed by atoms with van der Waals surface area (Å²) in [6, 6.07) is 21.0. The van der Waals surface area contributed by atoms with Crippen molar-refractivity contribution in [3.8, 4) is 45.0 Å². The first-order chi connectivity index (χ1) is 34.1. The van der Waals surface area contributed by atoms with E-state index in [0.717, 1.165) is 123 Å². The van der Waals surface area contributed by atoms with E-state index in [4.69, 9.17) is 24.8 Å². The van der Waals surface area contributed by atoms with Crippen LogP contribution in [0.2, 0.25) is 0 Å². The molecule has 4 aromatic heterocycles. The number of aliphatic hydroxyl groups is 3. The van der Waals surface area contributed by atoms with E-state index in [0.29, 0.717) is 6.42 Å². The van der Waals surface area contributed by atoms with Crippen LogP contribution in [-0.2, 0) is 40.0 Å². The van der Waals surface area contributed by atoms with E-state index >= 15 is 0 Å². The van der Waals surface area contributed by atoms with Crippen LogP contribution in [0.4, 0.5) is 8.78 Å². The maximum atomic E-state index is 13.9. The molecule has 3 aliphatic rings. The summed E-state index contributed by atoms with van der Waals surface area (Å²) in [5.74, 6) is -1.99. The van der Waals surface area contributed by atoms with Gasteiger partial charge in [0.1, 0.15) is 17.7 Å². The molecule has 71 heavy (non-hydrogen) atoms. The number of carbonyl (C=O) groups is 2. The number of ether oxygens (including phenoxy) is 1. The molecular formula is C58H60F2N4O7. The maximum absolute atomic E-state index is 13.9. The molecule has 4 N–H and O–H groups in total. The van der Waals surface area contributed by atoms with Crippen molar-refractivity contribution in [2.24, 2.45) is 0 Å². The molecule has 5 heterocycles. The predicted octanol–water partition coefficient (Wildman–Crippen LogP) is 10.8. The van der Waals surface area contributed by atoms with Crippen molar-refractivity contribution in [1.82, 2.24) is 19.9 Å². The maximum Gasteiger partial charge on any atom is 0.309 e. The molecular weight excluding hydrogens is 903 g/mol. The SMILES string of the molecule is CC(C)c1nc2c(c(-c3ccc(F)cc3)c1/C=C/[C@@H](O)C[C@@H](O)CC(=O)O)CCCc1cccnc1-2.CC(C)c1nc2c(c(-c3ccc(F)cc3)c1/C=C/[C@@H]1C[C@@H](O)CC(=O)O1)CCCc1cccnc1-2. The molecule has 1 fully saturated rings. The van der Waals surface area contributed by atoms with E-state index in [1.54, 1.807) is 48.8 Å². The van der Waals surface area contributed by atoms with Gasteiger partial charge in [-0.05, 0) is 137 Å². The lowest BCUT2D eigenvalue weighted by Crippen LogP contribution is -2.31. The number of carboxylic acids is 1. The van der Waals surface area contributed by atoms with Gasteiger partial charge in [0.05, 0.1) is 65.3 Å². The Bertz CT molecular complexity index is 2950. The third kappa shape index (κ3) is 11.9. The molecule has 0 amide bonds. The molecule has 0 unspecified atom stereocenters. The first-order valence-electron chi connectivity index (χ1n) is 24.5. The summed E-state index contributed by atoms with van der Waals surface area (Å²) >= 11 is 0. The number of aromatic nitrogens is 4. The van der Waals surface area contributed by atoms with Crippen LogP contribution in [0.5, 0.6) is 0 Å². The van der Waals surface area contributed by atoms with Crippen LogP contribution in [0.3, 0.4) is 0 Å². The fourth-order valence-corrected chi connectivity index (χ4v) is 9.90. The Labute approximate surface area is 413 Å². The summed E-state index contributed by atoms with van der Waals surface area (Å²) in [5.41, 5.74) is 15.1. The van der Waals surface area contributed by atoms with Crippen LogP contribution < -0.4 is 0 Å². The Morgan fingerprint density at radius 3 is 1.68 bits per heavy atom. The van der Waals surface area contributed by atoms with Gasteiger partial charge in [0, 0.05) is 36.4 Å². The second-order valence-corrected chi connectivity index (χ2v) is 19.2. The van der Waals surface area contributed by atoms with Gasteiger partial charge in [0.25, 0.3) is 0 Å². The fourth-order valence-electron chi connectivity index (χ4n) is 9.90. The molecule has 0 radical (unpaired) electrons. The molecule has 0 bridgehead atoms. The third-order valence-electron chi connectivity index (χ3n) is 13.1. The molecule has 1 saturated heterocycles. The average Bonchev–Trinajstić information content (AvgIpc) is 3.64. The van der Waals surface area contributed by atoms with Crippen molar-refractivity contribution >= 4 is 24.1 Å². The summed E-state index contributed by atoms with van der Waals surface area (Å²) < 4.78 is 33.2. The van der Waals surface area contributed by atoms with Gasteiger partial charge in [-0.15, -0.1) is 0 Å². The molecule has 9 rings (SSSR count). The summed E-state index contributed by atoms with van der Waals surface area (Å²) in [4.78, 5) is 42.4. The van der Waals surface area contributed by atoms with Gasteiger partial charge >= 0.3 is 11.9 Å². The highest BCUT2D eigenvalue weighted by molar-refractivity contribution is 5.87. The van der Waals surface area contributed by atoms with Crippen molar-refractivity contribution < 1.29 is 43.5 Å².